The molecule has 0 radical (unpaired) electrons. The molecule has 4 nitrogen and oxygen atoms in total. The fraction of sp³-hybridized carbons (Fsp3) is 0.455. The van der Waals surface area contributed by atoms with Crippen LogP contribution in [-0.2, 0) is 13.9 Å². The summed E-state index contributed by atoms with van der Waals surface area (Å²) in [6.07, 6.45) is -1.48. The Hall–Kier alpha value is -0.773. The number of methoxy groups -OCH3 is 1. The summed E-state index contributed by atoms with van der Waals surface area (Å²) in [5.74, 6) is 0. The standard InChI is InChI=1S/C22H29IO4Si/c1-22(2,3)28(16-11-7-5-8-12-16,17-13-9-6-10-14-17)26-15-18-19(23)20(24)21(25-4)27-18/h5-14,18-21,24H,15H2,1-4H3/t18-,19-,20-,21?/m1/s1. The second kappa shape index (κ2) is 8.93. The monoisotopic (exact) mass is 512 g/mol. The molecule has 0 bridgehead atoms. The van der Waals surface area contributed by atoms with Crippen molar-refractivity contribution in [1.29, 1.82) is 0 Å². The molecule has 4 atom stereocenters. The highest BCUT2D eigenvalue weighted by atomic mass is 127. The molecule has 2 aromatic carbocycles. The van der Waals surface area contributed by atoms with Gasteiger partial charge in [-0.3, -0.25) is 0 Å². The van der Waals surface area contributed by atoms with Crippen LogP contribution in [0, 0.1) is 0 Å². The van der Waals surface area contributed by atoms with E-state index in [1.54, 1.807) is 7.11 Å². The molecule has 2 aromatic rings. The van der Waals surface area contributed by atoms with Crippen LogP contribution in [0.5, 0.6) is 0 Å². The quantitative estimate of drug-likeness (QED) is 0.367. The van der Waals surface area contributed by atoms with Crippen LogP contribution in [0.3, 0.4) is 0 Å². The smallest absolute Gasteiger partial charge is 0.261 e. The predicted octanol–water partition coefficient (Wildman–Crippen LogP) is 3.10. The lowest BCUT2D eigenvalue weighted by Gasteiger charge is -2.43. The Bertz CT molecular complexity index is 711. The van der Waals surface area contributed by atoms with E-state index < -0.39 is 20.7 Å². The van der Waals surface area contributed by atoms with Crippen molar-refractivity contribution < 1.29 is 19.0 Å². The van der Waals surface area contributed by atoms with Crippen molar-refractivity contribution >= 4 is 41.3 Å². The lowest BCUT2D eigenvalue weighted by Crippen LogP contribution is -2.67. The molecule has 1 N–H and O–H groups in total. The third-order valence-corrected chi connectivity index (χ3v) is 11.9. The third kappa shape index (κ3) is 4.08. The first-order chi connectivity index (χ1) is 13.3. The molecule has 6 heteroatoms. The van der Waals surface area contributed by atoms with Crippen LogP contribution in [0.4, 0.5) is 0 Å². The fourth-order valence-corrected chi connectivity index (χ4v) is 9.28. The minimum Gasteiger partial charge on any atom is -0.405 e. The molecule has 0 aliphatic carbocycles. The Morgan fingerprint density at radius 1 is 1.00 bits per heavy atom. The van der Waals surface area contributed by atoms with Crippen LogP contribution in [0.1, 0.15) is 20.8 Å². The number of ether oxygens (including phenoxy) is 2. The van der Waals surface area contributed by atoms with Crippen LogP contribution in [0.2, 0.25) is 5.04 Å². The van der Waals surface area contributed by atoms with E-state index in [0.717, 1.165) is 0 Å². The first-order valence-corrected chi connectivity index (χ1v) is 12.7. The van der Waals surface area contributed by atoms with E-state index in [4.69, 9.17) is 13.9 Å². The molecule has 1 aliphatic rings. The Labute approximate surface area is 182 Å². The number of halogens is 1. The Balaban J connectivity index is 2.00. The molecule has 0 amide bonds. The van der Waals surface area contributed by atoms with Crippen molar-refractivity contribution in [3.05, 3.63) is 60.7 Å². The van der Waals surface area contributed by atoms with Gasteiger partial charge in [0.15, 0.2) is 6.29 Å². The van der Waals surface area contributed by atoms with Crippen molar-refractivity contribution in [3.63, 3.8) is 0 Å². The van der Waals surface area contributed by atoms with Crippen LogP contribution in [-0.4, -0.2) is 49.6 Å². The van der Waals surface area contributed by atoms with E-state index in [1.807, 2.05) is 12.1 Å². The summed E-state index contributed by atoms with van der Waals surface area (Å²) in [6, 6.07) is 21.1. The zero-order valence-corrected chi connectivity index (χ0v) is 20.0. The summed E-state index contributed by atoms with van der Waals surface area (Å²) in [7, 11) is -1.05. The average molecular weight is 512 g/mol. The molecule has 1 heterocycles. The van der Waals surface area contributed by atoms with E-state index in [9.17, 15) is 5.11 Å². The number of hydrogen-bond acceptors (Lipinski definition) is 4. The van der Waals surface area contributed by atoms with E-state index in [0.29, 0.717) is 6.61 Å². The molecule has 1 fully saturated rings. The van der Waals surface area contributed by atoms with Crippen molar-refractivity contribution in [2.45, 2.75) is 48.2 Å². The SMILES string of the molecule is COC1O[C@H](CO[Si](c2ccccc2)(c2ccccc2)C(C)(C)C)[C@@H](I)[C@H]1O. The van der Waals surface area contributed by atoms with Gasteiger partial charge in [0.1, 0.15) is 6.10 Å². The first kappa shape index (κ1) is 21.9. The van der Waals surface area contributed by atoms with Crippen LogP contribution < -0.4 is 10.4 Å². The first-order valence-electron chi connectivity index (χ1n) is 9.56. The highest BCUT2D eigenvalue weighted by Gasteiger charge is 2.52. The molecule has 3 rings (SSSR count). The molecule has 28 heavy (non-hydrogen) atoms. The zero-order valence-electron chi connectivity index (χ0n) is 16.8. The second-order valence-electron chi connectivity index (χ2n) is 8.19. The topological polar surface area (TPSA) is 47.9 Å². The maximum Gasteiger partial charge on any atom is 0.261 e. The van der Waals surface area contributed by atoms with Gasteiger partial charge in [-0.2, -0.15) is 0 Å². The molecular weight excluding hydrogens is 483 g/mol. The van der Waals surface area contributed by atoms with Crippen LogP contribution in [0.25, 0.3) is 0 Å². The molecule has 1 aliphatic heterocycles. The minimum absolute atomic E-state index is 0.0826. The van der Waals surface area contributed by atoms with Crippen LogP contribution in [0.15, 0.2) is 60.7 Å². The summed E-state index contributed by atoms with van der Waals surface area (Å²) in [5, 5.41) is 12.7. The maximum absolute atomic E-state index is 10.3. The van der Waals surface area contributed by atoms with Gasteiger partial charge in [0.05, 0.1) is 16.6 Å². The van der Waals surface area contributed by atoms with Gasteiger partial charge in [0.2, 0.25) is 0 Å². The van der Waals surface area contributed by atoms with Crippen molar-refractivity contribution in [2.24, 2.45) is 0 Å². The number of rotatable bonds is 6. The average Bonchev–Trinajstić information content (AvgIpc) is 2.97. The molecule has 0 spiro atoms. The highest BCUT2D eigenvalue weighted by molar-refractivity contribution is 14.1. The summed E-state index contributed by atoms with van der Waals surface area (Å²) in [6.45, 7) is 7.17. The Morgan fingerprint density at radius 2 is 1.50 bits per heavy atom. The van der Waals surface area contributed by atoms with Gasteiger partial charge < -0.3 is 19.0 Å². The predicted molar refractivity (Wildman–Crippen MR) is 123 cm³/mol. The van der Waals surface area contributed by atoms with E-state index in [-0.39, 0.29) is 15.1 Å². The number of hydrogen-bond donors (Lipinski definition) is 1. The summed E-state index contributed by atoms with van der Waals surface area (Å²) in [5.41, 5.74) is 0. The van der Waals surface area contributed by atoms with Gasteiger partial charge in [-0.1, -0.05) is 104 Å². The maximum atomic E-state index is 10.3. The summed E-state index contributed by atoms with van der Waals surface area (Å²) in [4.78, 5) is 0. The lowest BCUT2D eigenvalue weighted by atomic mass is 10.2. The fourth-order valence-electron chi connectivity index (χ4n) is 3.99. The van der Waals surface area contributed by atoms with E-state index >= 15 is 0 Å². The number of aliphatic hydroxyl groups is 1. The van der Waals surface area contributed by atoms with Crippen LogP contribution >= 0.6 is 22.6 Å². The van der Waals surface area contributed by atoms with Crippen molar-refractivity contribution in [3.8, 4) is 0 Å². The normalized spacial score (nSPS) is 25.8. The highest BCUT2D eigenvalue weighted by Crippen LogP contribution is 2.38. The third-order valence-electron chi connectivity index (χ3n) is 5.38. The lowest BCUT2D eigenvalue weighted by molar-refractivity contribution is -0.152. The van der Waals surface area contributed by atoms with Gasteiger partial charge in [0.25, 0.3) is 8.32 Å². The largest absolute Gasteiger partial charge is 0.405 e. The molecule has 152 valence electrons. The zero-order chi connectivity index (χ0) is 20.4. The number of alkyl halides is 1. The molecule has 1 saturated heterocycles. The molecule has 1 unspecified atom stereocenters. The van der Waals surface area contributed by atoms with Crippen molar-refractivity contribution in [1.82, 2.24) is 0 Å². The van der Waals surface area contributed by atoms with Gasteiger partial charge in [-0.25, -0.2) is 0 Å². The molecule has 0 aromatic heterocycles. The van der Waals surface area contributed by atoms with Gasteiger partial charge in [-0.05, 0) is 15.4 Å². The summed E-state index contributed by atoms with van der Waals surface area (Å²) >= 11 is 2.24. The molecule has 0 saturated carbocycles. The number of aliphatic hydroxyl groups excluding tert-OH is 1. The van der Waals surface area contributed by atoms with Gasteiger partial charge in [-0.15, -0.1) is 0 Å². The minimum atomic E-state index is -2.61. The van der Waals surface area contributed by atoms with E-state index in [2.05, 4.69) is 91.9 Å². The van der Waals surface area contributed by atoms with Crippen molar-refractivity contribution in [2.75, 3.05) is 13.7 Å². The van der Waals surface area contributed by atoms with Gasteiger partial charge >= 0.3 is 0 Å². The summed E-state index contributed by atoms with van der Waals surface area (Å²) < 4.78 is 18.0. The molecular formula is C22H29IO4Si. The van der Waals surface area contributed by atoms with Gasteiger partial charge in [0, 0.05) is 7.11 Å². The Kier molecular flexibility index (Phi) is 6.99. The van der Waals surface area contributed by atoms with E-state index in [1.165, 1.54) is 10.4 Å². The Morgan fingerprint density at radius 3 is 1.89 bits per heavy atom. The second-order valence-corrected chi connectivity index (χ2v) is 13.9. The number of benzene rings is 2.